The van der Waals surface area contributed by atoms with Crippen LogP contribution in [0.25, 0.3) is 0 Å². The van der Waals surface area contributed by atoms with Crippen LogP contribution in [0.4, 0.5) is 0 Å². The van der Waals surface area contributed by atoms with E-state index in [1.54, 1.807) is 0 Å². The average molecular weight is 403 g/mol. The molecule has 3 rings (SSSR count). The van der Waals surface area contributed by atoms with Crippen molar-refractivity contribution in [3.8, 4) is 11.5 Å². The third kappa shape index (κ3) is 4.97. The maximum atomic E-state index is 12.9. The van der Waals surface area contributed by atoms with E-state index >= 15 is 0 Å². The highest BCUT2D eigenvalue weighted by molar-refractivity contribution is 6.31. The second-order valence-electron chi connectivity index (χ2n) is 7.05. The van der Waals surface area contributed by atoms with Crippen molar-refractivity contribution in [3.63, 3.8) is 0 Å². The average Bonchev–Trinajstić information content (AvgIpc) is 2.70. The van der Waals surface area contributed by atoms with Crippen LogP contribution in [-0.2, 0) is 6.61 Å². The van der Waals surface area contributed by atoms with E-state index in [1.165, 1.54) is 0 Å². The van der Waals surface area contributed by atoms with Crippen molar-refractivity contribution in [2.75, 3.05) is 39.8 Å². The van der Waals surface area contributed by atoms with Gasteiger partial charge in [0.1, 0.15) is 18.1 Å². The highest BCUT2D eigenvalue weighted by Gasteiger charge is 2.21. The summed E-state index contributed by atoms with van der Waals surface area (Å²) in [6, 6.07) is 11.1. The van der Waals surface area contributed by atoms with Gasteiger partial charge in [-0.3, -0.25) is 4.79 Å². The van der Waals surface area contributed by atoms with Crippen molar-refractivity contribution in [3.05, 3.63) is 58.1 Å². The largest absolute Gasteiger partial charge is 0.493 e. The van der Waals surface area contributed by atoms with Crippen LogP contribution in [0.5, 0.6) is 11.5 Å². The second kappa shape index (κ2) is 9.30. The number of carbonyl (C=O) groups is 1. The van der Waals surface area contributed by atoms with Gasteiger partial charge in [-0.25, -0.2) is 0 Å². The molecule has 28 heavy (non-hydrogen) atoms. The summed E-state index contributed by atoms with van der Waals surface area (Å²) in [7, 11) is 2.08. The topological polar surface area (TPSA) is 42.0 Å². The number of hydrogen-bond acceptors (Lipinski definition) is 4. The van der Waals surface area contributed by atoms with Crippen LogP contribution in [-0.4, -0.2) is 55.5 Å². The van der Waals surface area contributed by atoms with Gasteiger partial charge < -0.3 is 19.3 Å². The lowest BCUT2D eigenvalue weighted by atomic mass is 10.1. The molecular weight excluding hydrogens is 376 g/mol. The van der Waals surface area contributed by atoms with Crippen molar-refractivity contribution in [2.24, 2.45) is 0 Å². The second-order valence-corrected chi connectivity index (χ2v) is 7.46. The number of aryl methyl sites for hydroxylation is 1. The fourth-order valence-electron chi connectivity index (χ4n) is 3.18. The van der Waals surface area contributed by atoms with Crippen molar-refractivity contribution in [2.45, 2.75) is 20.5 Å². The molecule has 1 aliphatic rings. The first-order chi connectivity index (χ1) is 13.5. The van der Waals surface area contributed by atoms with Gasteiger partial charge in [-0.05, 0) is 62.9 Å². The highest BCUT2D eigenvalue weighted by atomic mass is 35.5. The number of carbonyl (C=O) groups excluding carboxylic acids is 1. The minimum Gasteiger partial charge on any atom is -0.493 e. The molecule has 150 valence electrons. The van der Waals surface area contributed by atoms with E-state index in [9.17, 15) is 4.79 Å². The minimum absolute atomic E-state index is 0.0553. The molecule has 0 radical (unpaired) electrons. The molecule has 0 aliphatic carbocycles. The van der Waals surface area contributed by atoms with E-state index in [2.05, 4.69) is 11.9 Å². The molecule has 0 aromatic heterocycles. The molecule has 1 aliphatic heterocycles. The summed E-state index contributed by atoms with van der Waals surface area (Å²) in [5, 5.41) is 0.710. The smallest absolute Gasteiger partial charge is 0.253 e. The standard InChI is InChI=1S/C22H27ClN2O3/c1-4-27-21-8-5-17(22(26)25-11-9-24(3)10-12-25)14-18(21)15-28-19-6-7-20(23)16(2)13-19/h5-8,13-14H,4,9-12,15H2,1-3H3. The minimum atomic E-state index is 0.0553. The first-order valence-corrected chi connectivity index (χ1v) is 9.98. The first kappa shape index (κ1) is 20.5. The zero-order chi connectivity index (χ0) is 20.1. The van der Waals surface area contributed by atoms with Gasteiger partial charge in [0.25, 0.3) is 5.91 Å². The van der Waals surface area contributed by atoms with E-state index < -0.39 is 0 Å². The van der Waals surface area contributed by atoms with Crippen molar-refractivity contribution in [1.82, 2.24) is 9.80 Å². The lowest BCUT2D eigenvalue weighted by Crippen LogP contribution is -2.47. The lowest BCUT2D eigenvalue weighted by Gasteiger charge is -2.32. The van der Waals surface area contributed by atoms with Crippen LogP contribution in [0.2, 0.25) is 5.02 Å². The number of hydrogen-bond donors (Lipinski definition) is 0. The molecule has 2 aromatic carbocycles. The van der Waals surface area contributed by atoms with E-state index in [-0.39, 0.29) is 5.91 Å². The Morgan fingerprint density at radius 2 is 1.82 bits per heavy atom. The van der Waals surface area contributed by atoms with Gasteiger partial charge in [-0.1, -0.05) is 11.6 Å². The van der Waals surface area contributed by atoms with Crippen molar-refractivity contribution < 1.29 is 14.3 Å². The summed E-state index contributed by atoms with van der Waals surface area (Å²) < 4.78 is 11.7. The van der Waals surface area contributed by atoms with Crippen LogP contribution >= 0.6 is 11.6 Å². The SMILES string of the molecule is CCOc1ccc(C(=O)N2CCN(C)CC2)cc1COc1ccc(Cl)c(C)c1. The molecule has 0 atom stereocenters. The van der Waals surface area contributed by atoms with Crippen LogP contribution < -0.4 is 9.47 Å². The van der Waals surface area contributed by atoms with Gasteiger partial charge in [-0.2, -0.15) is 0 Å². The summed E-state index contributed by atoms with van der Waals surface area (Å²) in [5.41, 5.74) is 2.48. The van der Waals surface area contributed by atoms with E-state index in [0.29, 0.717) is 23.8 Å². The third-order valence-corrected chi connectivity index (χ3v) is 5.35. The molecule has 6 heteroatoms. The molecular formula is C22H27ClN2O3. The van der Waals surface area contributed by atoms with Crippen LogP contribution in [0.3, 0.4) is 0 Å². The Hall–Kier alpha value is -2.24. The van der Waals surface area contributed by atoms with Crippen LogP contribution in [0.1, 0.15) is 28.4 Å². The van der Waals surface area contributed by atoms with Gasteiger partial charge in [0.05, 0.1) is 6.61 Å². The molecule has 0 N–H and O–H groups in total. The quantitative estimate of drug-likeness (QED) is 0.732. The summed E-state index contributed by atoms with van der Waals surface area (Å²) in [6.07, 6.45) is 0. The Morgan fingerprint density at radius 3 is 2.50 bits per heavy atom. The molecule has 0 unspecified atom stereocenters. The monoisotopic (exact) mass is 402 g/mol. The Kier molecular flexibility index (Phi) is 6.81. The fraction of sp³-hybridized carbons (Fsp3) is 0.409. The number of halogens is 1. The zero-order valence-electron chi connectivity index (χ0n) is 16.7. The molecule has 2 aromatic rings. The zero-order valence-corrected chi connectivity index (χ0v) is 17.5. The van der Waals surface area contributed by atoms with Crippen LogP contribution in [0, 0.1) is 6.92 Å². The summed E-state index contributed by atoms with van der Waals surface area (Å²) in [4.78, 5) is 17.0. The Bertz CT molecular complexity index is 833. The summed E-state index contributed by atoms with van der Waals surface area (Å²) >= 11 is 6.08. The normalized spacial score (nSPS) is 14.8. The molecule has 1 fully saturated rings. The third-order valence-electron chi connectivity index (χ3n) is 4.92. The number of benzene rings is 2. The molecule has 1 amide bonds. The van der Waals surface area contributed by atoms with Crippen molar-refractivity contribution >= 4 is 17.5 Å². The Labute approximate surface area is 171 Å². The lowest BCUT2D eigenvalue weighted by molar-refractivity contribution is 0.0664. The Balaban J connectivity index is 1.76. The molecule has 0 saturated carbocycles. The Morgan fingerprint density at radius 1 is 1.07 bits per heavy atom. The highest BCUT2D eigenvalue weighted by Crippen LogP contribution is 2.26. The maximum absolute atomic E-state index is 12.9. The maximum Gasteiger partial charge on any atom is 0.253 e. The molecule has 0 spiro atoms. The summed E-state index contributed by atoms with van der Waals surface area (Å²) in [6.45, 7) is 8.05. The summed E-state index contributed by atoms with van der Waals surface area (Å²) in [5.74, 6) is 1.53. The van der Waals surface area contributed by atoms with E-state index in [0.717, 1.165) is 48.8 Å². The first-order valence-electron chi connectivity index (χ1n) is 9.60. The number of nitrogens with zero attached hydrogens (tertiary/aromatic N) is 2. The molecule has 0 bridgehead atoms. The number of piperazine rings is 1. The van der Waals surface area contributed by atoms with Gasteiger partial charge in [0, 0.05) is 42.3 Å². The van der Waals surface area contributed by atoms with Crippen molar-refractivity contribution in [1.29, 1.82) is 0 Å². The van der Waals surface area contributed by atoms with Gasteiger partial charge in [0.2, 0.25) is 0 Å². The van der Waals surface area contributed by atoms with Gasteiger partial charge in [-0.15, -0.1) is 0 Å². The fourth-order valence-corrected chi connectivity index (χ4v) is 3.30. The van der Waals surface area contributed by atoms with Gasteiger partial charge in [0.15, 0.2) is 0 Å². The number of rotatable bonds is 6. The number of amides is 1. The van der Waals surface area contributed by atoms with Gasteiger partial charge >= 0.3 is 0 Å². The number of likely N-dealkylation sites (N-methyl/N-ethyl adjacent to an activating group) is 1. The predicted molar refractivity (Wildman–Crippen MR) is 112 cm³/mol. The molecule has 1 saturated heterocycles. The molecule has 1 heterocycles. The number of ether oxygens (including phenoxy) is 2. The molecule has 5 nitrogen and oxygen atoms in total. The van der Waals surface area contributed by atoms with E-state index in [1.807, 2.05) is 55.1 Å². The predicted octanol–water partition coefficient (Wildman–Crippen LogP) is 4.01. The van der Waals surface area contributed by atoms with Crippen LogP contribution in [0.15, 0.2) is 36.4 Å². The van der Waals surface area contributed by atoms with E-state index in [4.69, 9.17) is 21.1 Å².